The Morgan fingerprint density at radius 3 is 2.12 bits per heavy atom. The fourth-order valence-electron chi connectivity index (χ4n) is 2.07. The molecule has 2 aromatic rings. The van der Waals surface area contributed by atoms with Crippen molar-refractivity contribution in [3.05, 3.63) is 58.7 Å². The molecule has 17 heavy (non-hydrogen) atoms. The molecule has 0 N–H and O–H groups in total. The molecule has 2 aromatic carbocycles. The van der Waals surface area contributed by atoms with Crippen molar-refractivity contribution in [3.8, 4) is 11.1 Å². The van der Waals surface area contributed by atoms with E-state index in [0.717, 1.165) is 16.7 Å². The summed E-state index contributed by atoms with van der Waals surface area (Å²) in [7, 11) is 0. The van der Waals surface area contributed by atoms with Gasteiger partial charge in [-0.1, -0.05) is 30.3 Å². The number of hydrogen-bond acceptors (Lipinski definition) is 1. The van der Waals surface area contributed by atoms with Gasteiger partial charge < -0.3 is 0 Å². The van der Waals surface area contributed by atoms with Crippen molar-refractivity contribution in [1.29, 1.82) is 0 Å². The Kier molecular flexibility index (Phi) is 3.10. The van der Waals surface area contributed by atoms with Crippen LogP contribution in [0.25, 0.3) is 11.1 Å². The molecule has 0 unspecified atom stereocenters. The fourth-order valence-corrected chi connectivity index (χ4v) is 2.07. The van der Waals surface area contributed by atoms with Gasteiger partial charge in [-0.3, -0.25) is 4.79 Å². The van der Waals surface area contributed by atoms with Gasteiger partial charge in [-0.15, -0.1) is 0 Å². The third-order valence-corrected chi connectivity index (χ3v) is 3.42. The molecule has 0 aliphatic carbocycles. The Labute approximate surface area is 102 Å². The monoisotopic (exact) mass is 223 g/mol. The second-order valence-electron chi connectivity index (χ2n) is 4.31. The zero-order valence-corrected chi connectivity index (χ0v) is 10.4. The quantitative estimate of drug-likeness (QED) is 0.758. The van der Waals surface area contributed by atoms with Crippen LogP contribution in [-0.2, 0) is 4.79 Å². The van der Waals surface area contributed by atoms with Crippen LogP contribution in [0.5, 0.6) is 0 Å². The van der Waals surface area contributed by atoms with Crippen molar-refractivity contribution in [3.63, 3.8) is 0 Å². The first-order valence-corrected chi connectivity index (χ1v) is 5.69. The fraction of sp³-hybridized carbons (Fsp3) is 0.188. The van der Waals surface area contributed by atoms with E-state index in [-0.39, 0.29) is 0 Å². The molecule has 0 fully saturated rings. The minimum Gasteiger partial charge on any atom is -0.285 e. The summed E-state index contributed by atoms with van der Waals surface area (Å²) in [6.45, 7) is 6.12. The first-order chi connectivity index (χ1) is 8.15. The van der Waals surface area contributed by atoms with Gasteiger partial charge in [0.1, 0.15) is 0 Å². The maximum Gasteiger partial charge on any atom is 0.233 e. The molecule has 2 rings (SSSR count). The van der Waals surface area contributed by atoms with Crippen LogP contribution >= 0.6 is 0 Å². The molecule has 0 amide bonds. The van der Waals surface area contributed by atoms with Crippen LogP contribution in [0.2, 0.25) is 0 Å². The third-order valence-electron chi connectivity index (χ3n) is 3.42. The molecule has 0 aromatic heterocycles. The summed E-state index contributed by atoms with van der Waals surface area (Å²) in [5, 5.41) is 0. The van der Waals surface area contributed by atoms with E-state index in [1.54, 1.807) is 0 Å². The number of benzene rings is 2. The van der Waals surface area contributed by atoms with Crippen molar-refractivity contribution in [2.75, 3.05) is 0 Å². The van der Waals surface area contributed by atoms with Gasteiger partial charge in [0.25, 0.3) is 0 Å². The van der Waals surface area contributed by atoms with Gasteiger partial charge in [0.05, 0.1) is 0 Å². The summed E-state index contributed by atoms with van der Waals surface area (Å²) in [5.74, 6) is 0. The van der Waals surface area contributed by atoms with E-state index in [4.69, 9.17) is 0 Å². The van der Waals surface area contributed by atoms with Gasteiger partial charge in [0, 0.05) is 5.56 Å². The number of hydrogen-bond donors (Lipinski definition) is 0. The predicted octanol–water partition coefficient (Wildman–Crippen LogP) is 3.74. The predicted molar refractivity (Wildman–Crippen MR) is 70.9 cm³/mol. The van der Waals surface area contributed by atoms with Crippen LogP contribution in [0.4, 0.5) is 0 Å². The van der Waals surface area contributed by atoms with E-state index in [1.807, 2.05) is 37.5 Å². The summed E-state index contributed by atoms with van der Waals surface area (Å²) in [4.78, 5) is 10.9. The van der Waals surface area contributed by atoms with Crippen LogP contribution in [0.15, 0.2) is 36.4 Å². The van der Waals surface area contributed by atoms with Crippen LogP contribution in [0, 0.1) is 20.8 Å². The van der Waals surface area contributed by atoms with Crippen LogP contribution in [-0.4, -0.2) is 6.29 Å². The molecule has 1 radical (unpaired) electrons. The van der Waals surface area contributed by atoms with Crippen LogP contribution in [0.3, 0.4) is 0 Å². The molecule has 0 atom stereocenters. The summed E-state index contributed by atoms with van der Waals surface area (Å²) in [6.07, 6.45) is 2.02. The van der Waals surface area contributed by atoms with Gasteiger partial charge in [-0.25, -0.2) is 0 Å². The largest absolute Gasteiger partial charge is 0.285 e. The zero-order chi connectivity index (χ0) is 12.4. The summed E-state index contributed by atoms with van der Waals surface area (Å²) in [5.41, 5.74) is 6.35. The Balaban J connectivity index is 2.71. The third kappa shape index (κ3) is 2.01. The summed E-state index contributed by atoms with van der Waals surface area (Å²) < 4.78 is 0. The first-order valence-electron chi connectivity index (χ1n) is 5.69. The van der Waals surface area contributed by atoms with Crippen LogP contribution in [0.1, 0.15) is 22.3 Å². The molecule has 0 saturated carbocycles. The van der Waals surface area contributed by atoms with Crippen molar-refractivity contribution in [2.24, 2.45) is 0 Å². The molecule has 0 heterocycles. The molecule has 85 valence electrons. The molecular weight excluding hydrogens is 208 g/mol. The average Bonchev–Trinajstić information content (AvgIpc) is 2.37. The van der Waals surface area contributed by atoms with E-state index >= 15 is 0 Å². The Morgan fingerprint density at radius 2 is 1.53 bits per heavy atom. The van der Waals surface area contributed by atoms with Gasteiger partial charge in [-0.2, -0.15) is 0 Å². The molecule has 1 heteroatoms. The molecule has 0 aliphatic rings. The van der Waals surface area contributed by atoms with Gasteiger partial charge in [0.2, 0.25) is 6.29 Å². The minimum atomic E-state index is 0.659. The highest BCUT2D eigenvalue weighted by molar-refractivity contribution is 5.83. The lowest BCUT2D eigenvalue weighted by atomic mass is 9.91. The van der Waals surface area contributed by atoms with Gasteiger partial charge >= 0.3 is 0 Å². The maximum atomic E-state index is 10.9. The average molecular weight is 223 g/mol. The summed E-state index contributed by atoms with van der Waals surface area (Å²) >= 11 is 0. The second kappa shape index (κ2) is 4.54. The molecule has 1 nitrogen and oxygen atoms in total. The highest BCUT2D eigenvalue weighted by Gasteiger charge is 2.10. The number of rotatable bonds is 2. The minimum absolute atomic E-state index is 0.659. The topological polar surface area (TPSA) is 17.1 Å². The SMILES string of the molecule is Cc1c([C]=O)cc(-c2ccccc2)c(C)c1C. The smallest absolute Gasteiger partial charge is 0.233 e. The van der Waals surface area contributed by atoms with Crippen molar-refractivity contribution < 1.29 is 4.79 Å². The highest BCUT2D eigenvalue weighted by Crippen LogP contribution is 2.29. The van der Waals surface area contributed by atoms with Crippen LogP contribution < -0.4 is 0 Å². The standard InChI is InChI=1S/C16H15O/c1-11-12(2)15(10-17)9-16(13(11)3)14-7-5-4-6-8-14/h4-9H,1-3H3. The summed E-state index contributed by atoms with van der Waals surface area (Å²) in [6, 6.07) is 12.1. The van der Waals surface area contributed by atoms with E-state index in [0.29, 0.717) is 5.56 Å². The molecule has 0 bridgehead atoms. The lowest BCUT2D eigenvalue weighted by molar-refractivity contribution is 0.562. The first kappa shape index (κ1) is 11.6. The Morgan fingerprint density at radius 1 is 0.882 bits per heavy atom. The highest BCUT2D eigenvalue weighted by atomic mass is 16.1. The Hall–Kier alpha value is -1.89. The molecule has 0 aliphatic heterocycles. The lowest BCUT2D eigenvalue weighted by Crippen LogP contribution is -1.97. The maximum absolute atomic E-state index is 10.9. The second-order valence-corrected chi connectivity index (χ2v) is 4.31. The van der Waals surface area contributed by atoms with E-state index in [1.165, 1.54) is 11.1 Å². The molecular formula is C16H15O. The Bertz CT molecular complexity index is 553. The van der Waals surface area contributed by atoms with E-state index in [2.05, 4.69) is 26.0 Å². The van der Waals surface area contributed by atoms with Gasteiger partial charge in [0.15, 0.2) is 0 Å². The van der Waals surface area contributed by atoms with Crippen molar-refractivity contribution in [1.82, 2.24) is 0 Å². The molecule has 0 spiro atoms. The normalized spacial score (nSPS) is 10.3. The number of carbonyl (C=O) groups excluding carboxylic acids is 1. The molecule has 0 saturated heterocycles. The lowest BCUT2D eigenvalue weighted by Gasteiger charge is -2.13. The van der Waals surface area contributed by atoms with Crippen molar-refractivity contribution in [2.45, 2.75) is 20.8 Å². The van der Waals surface area contributed by atoms with E-state index in [9.17, 15) is 4.79 Å². The zero-order valence-electron chi connectivity index (χ0n) is 10.4. The van der Waals surface area contributed by atoms with E-state index < -0.39 is 0 Å². The van der Waals surface area contributed by atoms with Gasteiger partial charge in [-0.05, 0) is 54.7 Å². The van der Waals surface area contributed by atoms with Crippen molar-refractivity contribution >= 4 is 6.29 Å².